The van der Waals surface area contributed by atoms with Gasteiger partial charge in [-0.1, -0.05) is 5.21 Å². The molecule has 0 amide bonds. The summed E-state index contributed by atoms with van der Waals surface area (Å²) >= 11 is 0. The Kier molecular flexibility index (Phi) is 4.15. The molecule has 2 heterocycles. The average molecular weight is 232 g/mol. The van der Waals surface area contributed by atoms with Gasteiger partial charge >= 0.3 is 0 Å². The Hall–Kier alpha value is -1.82. The van der Waals surface area contributed by atoms with Crippen molar-refractivity contribution in [3.8, 4) is 0 Å². The van der Waals surface area contributed by atoms with Gasteiger partial charge in [0, 0.05) is 25.5 Å². The first-order valence-corrected chi connectivity index (χ1v) is 5.68. The van der Waals surface area contributed by atoms with E-state index in [-0.39, 0.29) is 0 Å². The molecule has 0 unspecified atom stereocenters. The van der Waals surface area contributed by atoms with Gasteiger partial charge in [0.25, 0.3) is 0 Å². The highest BCUT2D eigenvalue weighted by atomic mass is 15.4. The van der Waals surface area contributed by atoms with Crippen LogP contribution in [-0.4, -0.2) is 31.5 Å². The van der Waals surface area contributed by atoms with E-state index in [1.165, 1.54) is 0 Å². The Morgan fingerprint density at radius 3 is 3.06 bits per heavy atom. The molecular formula is C11H16N6. The summed E-state index contributed by atoms with van der Waals surface area (Å²) in [5.41, 5.74) is 1.03. The van der Waals surface area contributed by atoms with Crippen molar-refractivity contribution >= 4 is 0 Å². The summed E-state index contributed by atoms with van der Waals surface area (Å²) in [6.07, 6.45) is 6.37. The fourth-order valence-electron chi connectivity index (χ4n) is 1.54. The van der Waals surface area contributed by atoms with Crippen LogP contribution in [0.15, 0.2) is 24.7 Å². The molecule has 17 heavy (non-hydrogen) atoms. The zero-order chi connectivity index (χ0) is 11.9. The van der Waals surface area contributed by atoms with Crippen molar-refractivity contribution in [2.75, 3.05) is 6.54 Å². The summed E-state index contributed by atoms with van der Waals surface area (Å²) in [6.45, 7) is 4.49. The number of nitrogens with zero attached hydrogens (tertiary/aromatic N) is 5. The monoisotopic (exact) mass is 232 g/mol. The van der Waals surface area contributed by atoms with Crippen molar-refractivity contribution < 1.29 is 0 Å². The van der Waals surface area contributed by atoms with E-state index in [4.69, 9.17) is 0 Å². The molecule has 0 aliphatic rings. The summed E-state index contributed by atoms with van der Waals surface area (Å²) in [6, 6.07) is 1.93. The summed E-state index contributed by atoms with van der Waals surface area (Å²) in [7, 11) is 0. The van der Waals surface area contributed by atoms with Gasteiger partial charge in [-0.2, -0.15) is 0 Å². The topological polar surface area (TPSA) is 68.5 Å². The van der Waals surface area contributed by atoms with Gasteiger partial charge in [0.05, 0.1) is 11.9 Å². The number of rotatable bonds is 6. The van der Waals surface area contributed by atoms with Crippen LogP contribution in [0.1, 0.15) is 17.9 Å². The van der Waals surface area contributed by atoms with Gasteiger partial charge in [-0.05, 0) is 26.0 Å². The third-order valence-electron chi connectivity index (χ3n) is 2.35. The van der Waals surface area contributed by atoms with Gasteiger partial charge in [-0.25, -0.2) is 9.97 Å². The molecule has 0 fully saturated rings. The molecule has 0 spiro atoms. The molecule has 0 aromatic carbocycles. The summed E-state index contributed by atoms with van der Waals surface area (Å²) in [5.74, 6) is 0.812. The van der Waals surface area contributed by atoms with Crippen LogP contribution >= 0.6 is 0 Å². The normalized spacial score (nSPS) is 10.6. The number of hydrogen-bond acceptors (Lipinski definition) is 5. The van der Waals surface area contributed by atoms with Crippen LogP contribution in [-0.2, 0) is 13.1 Å². The van der Waals surface area contributed by atoms with Crippen LogP contribution in [0.5, 0.6) is 0 Å². The van der Waals surface area contributed by atoms with Crippen molar-refractivity contribution in [2.24, 2.45) is 0 Å². The van der Waals surface area contributed by atoms with Crippen LogP contribution in [0.3, 0.4) is 0 Å². The predicted molar refractivity (Wildman–Crippen MR) is 63.1 cm³/mol. The van der Waals surface area contributed by atoms with E-state index < -0.39 is 0 Å². The van der Waals surface area contributed by atoms with E-state index in [1.54, 1.807) is 12.4 Å². The van der Waals surface area contributed by atoms with Crippen LogP contribution in [0.2, 0.25) is 0 Å². The number of aryl methyl sites for hydroxylation is 2. The first-order chi connectivity index (χ1) is 8.34. The molecule has 2 rings (SSSR count). The number of hydrogen-bond donors (Lipinski definition) is 1. The van der Waals surface area contributed by atoms with E-state index in [1.807, 2.05) is 23.9 Å². The van der Waals surface area contributed by atoms with E-state index >= 15 is 0 Å². The average Bonchev–Trinajstić information content (AvgIpc) is 2.82. The molecule has 0 saturated carbocycles. The second-order valence-electron chi connectivity index (χ2n) is 3.79. The Bertz CT molecular complexity index is 439. The SMILES string of the molecule is Cc1nccc(CNCCCn2ccnn2)n1. The lowest BCUT2D eigenvalue weighted by Crippen LogP contribution is -2.17. The van der Waals surface area contributed by atoms with Gasteiger partial charge in [-0.15, -0.1) is 5.10 Å². The first-order valence-electron chi connectivity index (χ1n) is 5.68. The Morgan fingerprint density at radius 2 is 2.29 bits per heavy atom. The number of nitrogens with one attached hydrogen (secondary N) is 1. The third-order valence-corrected chi connectivity index (χ3v) is 2.35. The minimum atomic E-state index is 0.778. The van der Waals surface area contributed by atoms with Crippen LogP contribution in [0.4, 0.5) is 0 Å². The zero-order valence-electron chi connectivity index (χ0n) is 9.87. The second-order valence-corrected chi connectivity index (χ2v) is 3.79. The van der Waals surface area contributed by atoms with Crippen molar-refractivity contribution in [3.05, 3.63) is 36.2 Å². The van der Waals surface area contributed by atoms with E-state index in [0.717, 1.165) is 37.6 Å². The highest BCUT2D eigenvalue weighted by Crippen LogP contribution is 1.94. The quantitative estimate of drug-likeness (QED) is 0.737. The van der Waals surface area contributed by atoms with Crippen molar-refractivity contribution in [1.29, 1.82) is 0 Å². The maximum absolute atomic E-state index is 4.32. The fourth-order valence-corrected chi connectivity index (χ4v) is 1.54. The minimum absolute atomic E-state index is 0.778. The minimum Gasteiger partial charge on any atom is -0.311 e. The molecule has 2 aromatic heterocycles. The molecule has 0 aliphatic heterocycles. The molecule has 1 N–H and O–H groups in total. The summed E-state index contributed by atoms with van der Waals surface area (Å²) in [4.78, 5) is 8.38. The number of aromatic nitrogens is 5. The van der Waals surface area contributed by atoms with Gasteiger partial charge in [0.2, 0.25) is 0 Å². The maximum atomic E-state index is 4.32. The largest absolute Gasteiger partial charge is 0.311 e. The molecule has 0 aliphatic carbocycles. The Balaban J connectivity index is 1.63. The Labute approximate surface area is 100 Å². The van der Waals surface area contributed by atoms with Crippen molar-refractivity contribution in [2.45, 2.75) is 26.4 Å². The smallest absolute Gasteiger partial charge is 0.125 e. The van der Waals surface area contributed by atoms with Gasteiger partial charge in [0.1, 0.15) is 5.82 Å². The molecule has 6 heteroatoms. The first kappa shape index (κ1) is 11.7. The molecule has 2 aromatic rings. The standard InChI is InChI=1S/C11H16N6/c1-10-13-5-3-11(15-10)9-12-4-2-7-17-8-6-14-16-17/h3,5-6,8,12H,2,4,7,9H2,1H3. The van der Waals surface area contributed by atoms with Gasteiger partial charge in [-0.3, -0.25) is 4.68 Å². The van der Waals surface area contributed by atoms with Gasteiger partial charge in [0.15, 0.2) is 0 Å². The summed E-state index contributed by atoms with van der Waals surface area (Å²) < 4.78 is 1.83. The fraction of sp³-hybridized carbons (Fsp3) is 0.455. The molecular weight excluding hydrogens is 216 g/mol. The highest BCUT2D eigenvalue weighted by Gasteiger charge is 1.96. The van der Waals surface area contributed by atoms with E-state index in [2.05, 4.69) is 25.6 Å². The lowest BCUT2D eigenvalue weighted by molar-refractivity contribution is 0.528. The van der Waals surface area contributed by atoms with Crippen molar-refractivity contribution in [1.82, 2.24) is 30.3 Å². The van der Waals surface area contributed by atoms with E-state index in [0.29, 0.717) is 0 Å². The Morgan fingerprint density at radius 1 is 1.35 bits per heavy atom. The summed E-state index contributed by atoms with van der Waals surface area (Å²) in [5, 5.41) is 11.0. The molecule has 6 nitrogen and oxygen atoms in total. The maximum Gasteiger partial charge on any atom is 0.125 e. The van der Waals surface area contributed by atoms with Gasteiger partial charge < -0.3 is 5.32 Å². The molecule has 0 radical (unpaired) electrons. The second kappa shape index (κ2) is 6.05. The van der Waals surface area contributed by atoms with Crippen LogP contribution in [0, 0.1) is 6.92 Å². The highest BCUT2D eigenvalue weighted by molar-refractivity contribution is 5.00. The third kappa shape index (κ3) is 3.92. The molecule has 0 saturated heterocycles. The lowest BCUT2D eigenvalue weighted by Gasteiger charge is -2.04. The zero-order valence-corrected chi connectivity index (χ0v) is 9.87. The molecule has 0 atom stereocenters. The van der Waals surface area contributed by atoms with Crippen LogP contribution < -0.4 is 5.32 Å². The van der Waals surface area contributed by atoms with Crippen molar-refractivity contribution in [3.63, 3.8) is 0 Å². The lowest BCUT2D eigenvalue weighted by atomic mass is 10.3. The molecule has 0 bridgehead atoms. The molecule has 90 valence electrons. The predicted octanol–water partition coefficient (Wildman–Crippen LogP) is 0.556. The van der Waals surface area contributed by atoms with E-state index in [9.17, 15) is 0 Å². The van der Waals surface area contributed by atoms with Crippen LogP contribution in [0.25, 0.3) is 0 Å².